The van der Waals surface area contributed by atoms with Crippen LogP contribution in [0.3, 0.4) is 0 Å². The van der Waals surface area contributed by atoms with Gasteiger partial charge in [0.2, 0.25) is 0 Å². The molecule has 0 aliphatic heterocycles. The molecule has 0 saturated carbocycles. The second kappa shape index (κ2) is 6.35. The molecule has 0 fully saturated rings. The summed E-state index contributed by atoms with van der Waals surface area (Å²) < 4.78 is 0. The Morgan fingerprint density at radius 2 is 1.50 bits per heavy atom. The Labute approximate surface area is 122 Å². The van der Waals surface area contributed by atoms with Gasteiger partial charge in [-0.3, -0.25) is 4.79 Å². The molecule has 0 bridgehead atoms. The Hall–Kier alpha value is -0.863. The van der Waals surface area contributed by atoms with Gasteiger partial charge in [-0.1, -0.05) is 42.5 Å². The molecule has 1 nitrogen and oxygen atoms in total. The third kappa shape index (κ3) is 2.93. The SMILES string of the molecule is Cc1cccc(C)c1C(=O)c1ccccc1P.[LiH]. The van der Waals surface area contributed by atoms with Crippen molar-refractivity contribution in [3.63, 3.8) is 0 Å². The van der Waals surface area contributed by atoms with E-state index in [-0.39, 0.29) is 24.6 Å². The summed E-state index contributed by atoms with van der Waals surface area (Å²) in [5.41, 5.74) is 3.64. The fraction of sp³-hybridized carbons (Fsp3) is 0.133. The van der Waals surface area contributed by atoms with Crippen LogP contribution in [0, 0.1) is 13.8 Å². The van der Waals surface area contributed by atoms with E-state index in [2.05, 4.69) is 9.24 Å². The molecule has 0 radical (unpaired) electrons. The quantitative estimate of drug-likeness (QED) is 0.454. The number of carbonyl (C=O) groups is 1. The zero-order valence-corrected chi connectivity index (χ0v) is 11.2. The van der Waals surface area contributed by atoms with Crippen molar-refractivity contribution >= 4 is 39.2 Å². The van der Waals surface area contributed by atoms with Crippen molar-refractivity contribution in [1.82, 2.24) is 0 Å². The maximum absolute atomic E-state index is 12.5. The number of ketones is 1. The maximum atomic E-state index is 12.5. The molecule has 0 N–H and O–H groups in total. The van der Waals surface area contributed by atoms with Crippen LogP contribution in [-0.2, 0) is 0 Å². The summed E-state index contributed by atoms with van der Waals surface area (Å²) in [6, 6.07) is 13.6. The van der Waals surface area contributed by atoms with Crippen LogP contribution in [0.2, 0.25) is 0 Å². The van der Waals surface area contributed by atoms with E-state index in [1.807, 2.05) is 56.3 Å². The fourth-order valence-electron chi connectivity index (χ4n) is 2.01. The molecule has 2 rings (SSSR count). The van der Waals surface area contributed by atoms with E-state index in [9.17, 15) is 4.79 Å². The molecule has 0 saturated heterocycles. The van der Waals surface area contributed by atoms with Gasteiger partial charge in [-0.2, -0.15) is 0 Å². The first-order valence-electron chi connectivity index (χ1n) is 5.56. The zero-order chi connectivity index (χ0) is 12.4. The summed E-state index contributed by atoms with van der Waals surface area (Å²) in [5.74, 6) is 0.103. The van der Waals surface area contributed by atoms with Crippen LogP contribution < -0.4 is 5.30 Å². The summed E-state index contributed by atoms with van der Waals surface area (Å²) in [4.78, 5) is 12.5. The van der Waals surface area contributed by atoms with Gasteiger partial charge in [0.25, 0.3) is 0 Å². The summed E-state index contributed by atoms with van der Waals surface area (Å²) in [7, 11) is 2.62. The predicted molar refractivity (Wildman–Crippen MR) is 82.3 cm³/mol. The van der Waals surface area contributed by atoms with Gasteiger partial charge in [0, 0.05) is 11.1 Å². The van der Waals surface area contributed by atoms with Crippen molar-refractivity contribution in [2.75, 3.05) is 0 Å². The van der Waals surface area contributed by atoms with Gasteiger partial charge in [0.1, 0.15) is 0 Å². The van der Waals surface area contributed by atoms with E-state index in [4.69, 9.17) is 0 Å². The van der Waals surface area contributed by atoms with Crippen molar-refractivity contribution < 1.29 is 4.79 Å². The summed E-state index contributed by atoms with van der Waals surface area (Å²) in [6.07, 6.45) is 0. The number of aryl methyl sites for hydroxylation is 2. The Balaban J connectivity index is 0.00000162. The number of rotatable bonds is 2. The minimum atomic E-state index is 0. The van der Waals surface area contributed by atoms with Gasteiger partial charge in [-0.25, -0.2) is 0 Å². The van der Waals surface area contributed by atoms with Crippen LogP contribution in [0.4, 0.5) is 0 Å². The second-order valence-electron chi connectivity index (χ2n) is 4.18. The monoisotopic (exact) mass is 250 g/mol. The molecule has 0 heterocycles. The van der Waals surface area contributed by atoms with Crippen molar-refractivity contribution in [2.24, 2.45) is 0 Å². The molecule has 2 aromatic rings. The number of hydrogen-bond acceptors (Lipinski definition) is 1. The van der Waals surface area contributed by atoms with Gasteiger partial charge in [0.15, 0.2) is 5.78 Å². The molecule has 0 amide bonds. The third-order valence-corrected chi connectivity index (χ3v) is 3.42. The first-order valence-corrected chi connectivity index (χ1v) is 6.14. The van der Waals surface area contributed by atoms with Crippen LogP contribution in [0.5, 0.6) is 0 Å². The van der Waals surface area contributed by atoms with E-state index >= 15 is 0 Å². The van der Waals surface area contributed by atoms with Gasteiger partial charge in [-0.05, 0) is 30.3 Å². The molecule has 18 heavy (non-hydrogen) atoms. The number of hydrogen-bond donors (Lipinski definition) is 0. The molecular formula is C15H16LiOP. The van der Waals surface area contributed by atoms with E-state index in [0.717, 1.165) is 27.6 Å². The molecular weight excluding hydrogens is 234 g/mol. The van der Waals surface area contributed by atoms with Gasteiger partial charge in [0.05, 0.1) is 0 Å². The van der Waals surface area contributed by atoms with E-state index in [0.29, 0.717) is 0 Å². The van der Waals surface area contributed by atoms with Crippen LogP contribution >= 0.6 is 9.24 Å². The molecule has 0 aliphatic rings. The average Bonchev–Trinajstić information content (AvgIpc) is 2.29. The van der Waals surface area contributed by atoms with Crippen molar-refractivity contribution in [2.45, 2.75) is 13.8 Å². The van der Waals surface area contributed by atoms with Crippen LogP contribution in [0.25, 0.3) is 0 Å². The third-order valence-electron chi connectivity index (χ3n) is 2.91. The van der Waals surface area contributed by atoms with E-state index in [1.54, 1.807) is 0 Å². The Bertz CT molecular complexity index is 558. The minimum absolute atomic E-state index is 0. The van der Waals surface area contributed by atoms with Gasteiger partial charge in [-0.15, -0.1) is 9.24 Å². The van der Waals surface area contributed by atoms with Gasteiger partial charge >= 0.3 is 18.9 Å². The summed E-state index contributed by atoms with van der Waals surface area (Å²) in [5, 5.41) is 0.945. The summed E-state index contributed by atoms with van der Waals surface area (Å²) in [6.45, 7) is 3.96. The van der Waals surface area contributed by atoms with Crippen LogP contribution in [-0.4, -0.2) is 24.6 Å². The molecule has 3 heteroatoms. The van der Waals surface area contributed by atoms with Crippen molar-refractivity contribution in [3.05, 3.63) is 64.7 Å². The average molecular weight is 250 g/mol. The Kier molecular flexibility index (Phi) is 5.36. The fourth-order valence-corrected chi connectivity index (χ4v) is 2.35. The zero-order valence-electron chi connectivity index (χ0n) is 10.0. The molecule has 2 aromatic carbocycles. The molecule has 0 aliphatic carbocycles. The molecule has 1 unspecified atom stereocenters. The topological polar surface area (TPSA) is 17.1 Å². The number of carbonyl (C=O) groups excluding carboxylic acids is 1. The van der Waals surface area contributed by atoms with Crippen molar-refractivity contribution in [3.8, 4) is 0 Å². The molecule has 0 aromatic heterocycles. The second-order valence-corrected chi connectivity index (χ2v) is 4.81. The first kappa shape index (κ1) is 15.2. The van der Waals surface area contributed by atoms with Crippen molar-refractivity contribution in [1.29, 1.82) is 0 Å². The Morgan fingerprint density at radius 1 is 0.944 bits per heavy atom. The Morgan fingerprint density at radius 3 is 2.06 bits per heavy atom. The predicted octanol–water partition coefficient (Wildman–Crippen LogP) is 2.39. The van der Waals surface area contributed by atoms with E-state index in [1.165, 1.54) is 0 Å². The normalized spacial score (nSPS) is 9.72. The van der Waals surface area contributed by atoms with E-state index < -0.39 is 0 Å². The number of benzene rings is 2. The van der Waals surface area contributed by atoms with Gasteiger partial charge < -0.3 is 0 Å². The standard InChI is InChI=1S/C15H15OP.Li.H/c1-10-6-5-7-11(2)14(10)15(16)12-8-3-4-9-13(12)17;;/h3-9H,17H2,1-2H3;;. The first-order chi connectivity index (χ1) is 8.11. The summed E-state index contributed by atoms with van der Waals surface area (Å²) >= 11 is 0. The molecule has 88 valence electrons. The molecule has 0 spiro atoms. The van der Waals surface area contributed by atoms with Crippen LogP contribution in [0.15, 0.2) is 42.5 Å². The van der Waals surface area contributed by atoms with Crippen LogP contribution in [0.1, 0.15) is 27.0 Å². The molecule has 1 atom stereocenters.